The van der Waals surface area contributed by atoms with Crippen molar-refractivity contribution in [2.75, 3.05) is 14.1 Å². The molecule has 0 fully saturated rings. The lowest BCUT2D eigenvalue weighted by Gasteiger charge is -2.12. The zero-order valence-corrected chi connectivity index (χ0v) is 8.20. The number of phenols is 2. The zero-order chi connectivity index (χ0) is 10.0. The molecule has 1 rings (SSSR count). The van der Waals surface area contributed by atoms with Crippen LogP contribution in [0.3, 0.4) is 0 Å². The number of phenolic OH excluding ortho intramolecular Hbond substituents is 2. The minimum absolute atomic E-state index is 0.201. The van der Waals surface area contributed by atoms with Gasteiger partial charge in [-0.1, -0.05) is 0 Å². The van der Waals surface area contributed by atoms with Gasteiger partial charge < -0.3 is 15.1 Å². The van der Waals surface area contributed by atoms with Gasteiger partial charge in [0.2, 0.25) is 0 Å². The lowest BCUT2D eigenvalue weighted by Crippen LogP contribution is -2.10. The number of benzene rings is 1. The van der Waals surface area contributed by atoms with E-state index in [2.05, 4.69) is 0 Å². The van der Waals surface area contributed by atoms with E-state index in [1.54, 1.807) is 19.1 Å². The molecular formula is C10H15NO2. The number of hydrogen-bond donors (Lipinski definition) is 2. The van der Waals surface area contributed by atoms with Crippen molar-refractivity contribution >= 4 is 0 Å². The summed E-state index contributed by atoms with van der Waals surface area (Å²) in [6, 6.07) is 3.14. The molecule has 0 heterocycles. The van der Waals surface area contributed by atoms with E-state index in [1.807, 2.05) is 19.0 Å². The number of hydrogen-bond acceptors (Lipinski definition) is 3. The predicted octanol–water partition coefficient (Wildman–Crippen LogP) is 1.47. The molecule has 0 aliphatic rings. The Hall–Kier alpha value is -1.22. The van der Waals surface area contributed by atoms with Gasteiger partial charge in [0.1, 0.15) is 11.5 Å². The Bertz CT molecular complexity index is 308. The molecule has 0 radical (unpaired) electrons. The van der Waals surface area contributed by atoms with Crippen LogP contribution in [0, 0.1) is 6.92 Å². The smallest absolute Gasteiger partial charge is 0.123 e. The minimum atomic E-state index is 0.201. The predicted molar refractivity (Wildman–Crippen MR) is 51.9 cm³/mol. The Labute approximate surface area is 78.2 Å². The van der Waals surface area contributed by atoms with Crippen LogP contribution in [0.4, 0.5) is 0 Å². The highest BCUT2D eigenvalue weighted by Crippen LogP contribution is 2.27. The first kappa shape index (κ1) is 9.86. The Morgan fingerprint density at radius 2 is 1.85 bits per heavy atom. The van der Waals surface area contributed by atoms with Crippen LogP contribution in [0.1, 0.15) is 11.1 Å². The number of nitrogens with zero attached hydrogens (tertiary/aromatic N) is 1. The Balaban J connectivity index is 3.05. The van der Waals surface area contributed by atoms with E-state index in [4.69, 9.17) is 0 Å². The van der Waals surface area contributed by atoms with Gasteiger partial charge in [-0.05, 0) is 38.7 Å². The highest BCUT2D eigenvalue weighted by Gasteiger charge is 2.06. The van der Waals surface area contributed by atoms with Crippen molar-refractivity contribution in [3.05, 3.63) is 23.3 Å². The summed E-state index contributed by atoms with van der Waals surface area (Å²) in [6.07, 6.45) is 0. The summed E-state index contributed by atoms with van der Waals surface area (Å²) < 4.78 is 0. The first-order chi connectivity index (χ1) is 6.00. The highest BCUT2D eigenvalue weighted by molar-refractivity contribution is 5.45. The number of rotatable bonds is 2. The van der Waals surface area contributed by atoms with Crippen molar-refractivity contribution in [1.29, 1.82) is 0 Å². The SMILES string of the molecule is Cc1cc(O)cc(CN(C)C)c1O. The van der Waals surface area contributed by atoms with Crippen LogP contribution in [-0.2, 0) is 6.54 Å². The maximum Gasteiger partial charge on any atom is 0.123 e. The fraction of sp³-hybridized carbons (Fsp3) is 0.400. The molecular weight excluding hydrogens is 166 g/mol. The quantitative estimate of drug-likeness (QED) is 0.679. The second kappa shape index (κ2) is 3.66. The normalized spacial score (nSPS) is 10.8. The molecule has 3 nitrogen and oxygen atoms in total. The molecule has 0 saturated carbocycles. The lowest BCUT2D eigenvalue weighted by molar-refractivity contribution is 0.382. The summed E-state index contributed by atoms with van der Waals surface area (Å²) >= 11 is 0. The van der Waals surface area contributed by atoms with E-state index in [1.165, 1.54) is 0 Å². The van der Waals surface area contributed by atoms with E-state index < -0.39 is 0 Å². The molecule has 2 N–H and O–H groups in total. The van der Waals surface area contributed by atoms with Gasteiger partial charge in [-0.15, -0.1) is 0 Å². The van der Waals surface area contributed by atoms with Gasteiger partial charge in [0.15, 0.2) is 0 Å². The van der Waals surface area contributed by atoms with Crippen LogP contribution in [-0.4, -0.2) is 29.2 Å². The van der Waals surface area contributed by atoms with Crippen molar-refractivity contribution in [3.8, 4) is 11.5 Å². The summed E-state index contributed by atoms with van der Waals surface area (Å²) in [5.41, 5.74) is 1.46. The molecule has 72 valence electrons. The van der Waals surface area contributed by atoms with Gasteiger partial charge in [-0.2, -0.15) is 0 Å². The van der Waals surface area contributed by atoms with Crippen LogP contribution in [0.25, 0.3) is 0 Å². The summed E-state index contributed by atoms with van der Waals surface area (Å²) in [7, 11) is 3.83. The van der Waals surface area contributed by atoms with Crippen molar-refractivity contribution in [1.82, 2.24) is 4.90 Å². The number of aromatic hydroxyl groups is 2. The summed E-state index contributed by atoms with van der Waals surface area (Å²) in [5.74, 6) is 0.471. The number of aryl methyl sites for hydroxylation is 1. The van der Waals surface area contributed by atoms with E-state index >= 15 is 0 Å². The molecule has 3 heteroatoms. The van der Waals surface area contributed by atoms with Gasteiger partial charge in [0.25, 0.3) is 0 Å². The molecule has 0 spiro atoms. The van der Waals surface area contributed by atoms with Gasteiger partial charge >= 0.3 is 0 Å². The third-order valence-corrected chi connectivity index (χ3v) is 1.85. The Morgan fingerprint density at radius 1 is 1.23 bits per heavy atom. The lowest BCUT2D eigenvalue weighted by atomic mass is 10.1. The van der Waals surface area contributed by atoms with Gasteiger partial charge in [0.05, 0.1) is 0 Å². The average molecular weight is 181 g/mol. The van der Waals surface area contributed by atoms with Crippen LogP contribution in [0.15, 0.2) is 12.1 Å². The molecule has 0 atom stereocenters. The maximum absolute atomic E-state index is 9.63. The average Bonchev–Trinajstić information content (AvgIpc) is 1.98. The van der Waals surface area contributed by atoms with Crippen LogP contribution in [0.5, 0.6) is 11.5 Å². The zero-order valence-electron chi connectivity index (χ0n) is 8.20. The molecule has 0 aromatic heterocycles. The Kier molecular flexibility index (Phi) is 2.78. The maximum atomic E-state index is 9.63. The van der Waals surface area contributed by atoms with Crippen molar-refractivity contribution in [2.45, 2.75) is 13.5 Å². The van der Waals surface area contributed by atoms with Crippen LogP contribution in [0.2, 0.25) is 0 Å². The summed E-state index contributed by atoms with van der Waals surface area (Å²) in [6.45, 7) is 2.40. The van der Waals surface area contributed by atoms with Gasteiger partial charge in [-0.3, -0.25) is 0 Å². The molecule has 1 aromatic rings. The molecule has 0 amide bonds. The summed E-state index contributed by atoms with van der Waals surface area (Å²) in [5, 5.41) is 18.9. The Morgan fingerprint density at radius 3 is 2.38 bits per heavy atom. The standard InChI is InChI=1S/C10H15NO2/c1-7-4-9(12)5-8(10(7)13)6-11(2)3/h4-5,12-13H,6H2,1-3H3. The molecule has 0 saturated heterocycles. The van der Waals surface area contributed by atoms with E-state index in [0.29, 0.717) is 12.1 Å². The van der Waals surface area contributed by atoms with E-state index in [-0.39, 0.29) is 11.5 Å². The fourth-order valence-electron chi connectivity index (χ4n) is 1.29. The monoisotopic (exact) mass is 181 g/mol. The second-order valence-corrected chi connectivity index (χ2v) is 3.51. The van der Waals surface area contributed by atoms with Crippen LogP contribution < -0.4 is 0 Å². The fourth-order valence-corrected chi connectivity index (χ4v) is 1.29. The molecule has 13 heavy (non-hydrogen) atoms. The molecule has 0 unspecified atom stereocenters. The van der Waals surface area contributed by atoms with Crippen LogP contribution >= 0.6 is 0 Å². The van der Waals surface area contributed by atoms with Gasteiger partial charge in [0, 0.05) is 12.1 Å². The minimum Gasteiger partial charge on any atom is -0.508 e. The molecule has 0 bridgehead atoms. The molecule has 1 aromatic carbocycles. The highest BCUT2D eigenvalue weighted by atomic mass is 16.3. The largest absolute Gasteiger partial charge is 0.508 e. The second-order valence-electron chi connectivity index (χ2n) is 3.51. The van der Waals surface area contributed by atoms with E-state index in [9.17, 15) is 10.2 Å². The third kappa shape index (κ3) is 2.36. The third-order valence-electron chi connectivity index (χ3n) is 1.85. The first-order valence-electron chi connectivity index (χ1n) is 4.17. The molecule has 0 aliphatic heterocycles. The van der Waals surface area contributed by atoms with Crippen molar-refractivity contribution < 1.29 is 10.2 Å². The van der Waals surface area contributed by atoms with E-state index in [0.717, 1.165) is 5.56 Å². The first-order valence-corrected chi connectivity index (χ1v) is 4.17. The van der Waals surface area contributed by atoms with Crippen molar-refractivity contribution in [3.63, 3.8) is 0 Å². The van der Waals surface area contributed by atoms with Gasteiger partial charge in [-0.25, -0.2) is 0 Å². The van der Waals surface area contributed by atoms with Crippen molar-refractivity contribution in [2.24, 2.45) is 0 Å². The summed E-state index contributed by atoms with van der Waals surface area (Å²) in [4.78, 5) is 1.94. The molecule has 0 aliphatic carbocycles. The topological polar surface area (TPSA) is 43.7 Å².